The number of carboxylic acids is 1. The molecule has 2 aromatic carbocycles. The van der Waals surface area contributed by atoms with Crippen molar-refractivity contribution in [2.75, 3.05) is 6.61 Å². The summed E-state index contributed by atoms with van der Waals surface area (Å²) in [6.07, 6.45) is 0.747. The van der Waals surface area contributed by atoms with Crippen LogP contribution in [0.2, 0.25) is 0 Å². The molecule has 0 radical (unpaired) electrons. The molecule has 0 heterocycles. The molecule has 0 unspecified atom stereocenters. The van der Waals surface area contributed by atoms with E-state index in [2.05, 4.69) is 17.4 Å². The van der Waals surface area contributed by atoms with Crippen molar-refractivity contribution in [2.24, 2.45) is 5.92 Å². The molecule has 5 nitrogen and oxygen atoms in total. The number of halogens is 1. The highest BCUT2D eigenvalue weighted by atomic mass is 19.1. The van der Waals surface area contributed by atoms with Gasteiger partial charge < -0.3 is 15.2 Å². The van der Waals surface area contributed by atoms with Gasteiger partial charge in [0, 0.05) is 5.92 Å². The zero-order chi connectivity index (χ0) is 21.3. The third kappa shape index (κ3) is 3.70. The highest BCUT2D eigenvalue weighted by molar-refractivity contribution is 5.79. The van der Waals surface area contributed by atoms with E-state index in [1.807, 2.05) is 36.4 Å². The van der Waals surface area contributed by atoms with Gasteiger partial charge in [-0.2, -0.15) is 0 Å². The summed E-state index contributed by atoms with van der Waals surface area (Å²) < 4.78 is 20.2. The molecule has 156 valence electrons. The van der Waals surface area contributed by atoms with E-state index in [0.717, 1.165) is 22.3 Å². The summed E-state index contributed by atoms with van der Waals surface area (Å²) >= 11 is 0. The number of alkyl carbamates (subject to hydrolysis) is 1. The first-order chi connectivity index (χ1) is 14.5. The molecular weight excluding hydrogens is 385 g/mol. The van der Waals surface area contributed by atoms with E-state index in [9.17, 15) is 19.1 Å². The molecule has 4 rings (SSSR count). The van der Waals surface area contributed by atoms with Crippen LogP contribution in [-0.2, 0) is 9.53 Å². The van der Waals surface area contributed by atoms with Crippen LogP contribution in [0.1, 0.15) is 43.2 Å². The van der Waals surface area contributed by atoms with Gasteiger partial charge in [0.05, 0.1) is 12.0 Å². The molecule has 0 spiro atoms. The first-order valence-electron chi connectivity index (χ1n) is 10.2. The zero-order valence-corrected chi connectivity index (χ0v) is 16.7. The molecule has 0 aliphatic heterocycles. The molecule has 2 atom stereocenters. The number of carbonyl (C=O) groups is 2. The Balaban J connectivity index is 1.43. The van der Waals surface area contributed by atoms with Crippen molar-refractivity contribution in [3.05, 3.63) is 71.1 Å². The van der Waals surface area contributed by atoms with Gasteiger partial charge >= 0.3 is 12.1 Å². The van der Waals surface area contributed by atoms with Gasteiger partial charge in [0.15, 0.2) is 0 Å². The summed E-state index contributed by atoms with van der Waals surface area (Å²) in [6.45, 7) is 1.64. The molecule has 2 aromatic rings. The van der Waals surface area contributed by atoms with Crippen LogP contribution in [0.4, 0.5) is 9.18 Å². The van der Waals surface area contributed by atoms with Crippen molar-refractivity contribution in [3.8, 4) is 11.1 Å². The lowest BCUT2D eigenvalue weighted by molar-refractivity contribution is -0.140. The number of ether oxygens (including phenoxy) is 1. The van der Waals surface area contributed by atoms with Crippen molar-refractivity contribution >= 4 is 12.1 Å². The van der Waals surface area contributed by atoms with Gasteiger partial charge in [0.2, 0.25) is 0 Å². The fraction of sp³-hybridized carbons (Fsp3) is 0.333. The maximum Gasteiger partial charge on any atom is 0.407 e. The summed E-state index contributed by atoms with van der Waals surface area (Å²) in [5, 5.41) is 11.8. The molecule has 2 aliphatic rings. The molecule has 2 aliphatic carbocycles. The van der Waals surface area contributed by atoms with Crippen molar-refractivity contribution in [3.63, 3.8) is 0 Å². The van der Waals surface area contributed by atoms with Crippen molar-refractivity contribution < 1.29 is 23.8 Å². The molecule has 1 saturated carbocycles. The zero-order valence-electron chi connectivity index (χ0n) is 16.7. The molecule has 6 heteroatoms. The number of carboxylic acid groups (broad SMARTS) is 1. The second-order valence-corrected chi connectivity index (χ2v) is 7.85. The molecule has 0 bridgehead atoms. The van der Waals surface area contributed by atoms with Crippen LogP contribution in [0.15, 0.2) is 59.9 Å². The van der Waals surface area contributed by atoms with Crippen LogP contribution in [0.5, 0.6) is 0 Å². The Morgan fingerprint density at radius 3 is 2.33 bits per heavy atom. The fourth-order valence-corrected chi connectivity index (χ4v) is 4.56. The van der Waals surface area contributed by atoms with Gasteiger partial charge in [-0.25, -0.2) is 9.18 Å². The Hall–Kier alpha value is -3.15. The van der Waals surface area contributed by atoms with Crippen LogP contribution >= 0.6 is 0 Å². The average molecular weight is 409 g/mol. The largest absolute Gasteiger partial charge is 0.481 e. The summed E-state index contributed by atoms with van der Waals surface area (Å²) in [5.74, 6) is -2.48. The van der Waals surface area contributed by atoms with Crippen LogP contribution in [-0.4, -0.2) is 29.8 Å². The van der Waals surface area contributed by atoms with E-state index in [4.69, 9.17) is 4.74 Å². The minimum Gasteiger partial charge on any atom is -0.481 e. The van der Waals surface area contributed by atoms with Gasteiger partial charge in [-0.1, -0.05) is 48.5 Å². The Kier molecular flexibility index (Phi) is 5.57. The van der Waals surface area contributed by atoms with Gasteiger partial charge in [0.25, 0.3) is 0 Å². The molecular formula is C24H24FNO4. The number of rotatable bonds is 5. The maximum absolute atomic E-state index is 14.8. The summed E-state index contributed by atoms with van der Waals surface area (Å²) in [4.78, 5) is 23.6. The second-order valence-electron chi connectivity index (χ2n) is 7.85. The summed E-state index contributed by atoms with van der Waals surface area (Å²) in [6, 6.07) is 15.1. The first kappa shape index (κ1) is 20.1. The number of hydrogen-bond donors (Lipinski definition) is 2. The fourth-order valence-electron chi connectivity index (χ4n) is 4.56. The van der Waals surface area contributed by atoms with Gasteiger partial charge in [-0.15, -0.1) is 0 Å². The predicted octanol–water partition coefficient (Wildman–Crippen LogP) is 5.02. The minimum absolute atomic E-state index is 0.0760. The lowest BCUT2D eigenvalue weighted by Crippen LogP contribution is -2.35. The summed E-state index contributed by atoms with van der Waals surface area (Å²) in [7, 11) is 0. The van der Waals surface area contributed by atoms with Crippen LogP contribution < -0.4 is 5.32 Å². The van der Waals surface area contributed by atoms with E-state index in [-0.39, 0.29) is 18.1 Å². The average Bonchev–Trinajstić information content (AvgIpc) is 3.35. The third-order valence-corrected chi connectivity index (χ3v) is 6.02. The third-order valence-electron chi connectivity index (χ3n) is 6.02. The van der Waals surface area contributed by atoms with E-state index in [0.29, 0.717) is 19.3 Å². The SMILES string of the molecule is C[C@H](NC(=O)OCC1c2ccccc2-c2ccccc21)/C(F)=C1\CCC[C@H]1C(=O)O. The molecule has 0 saturated heterocycles. The number of carbonyl (C=O) groups excluding carboxylic acids is 1. The van der Waals surface area contributed by atoms with Crippen molar-refractivity contribution in [1.29, 1.82) is 0 Å². The van der Waals surface area contributed by atoms with Gasteiger partial charge in [0.1, 0.15) is 12.4 Å². The van der Waals surface area contributed by atoms with Crippen molar-refractivity contribution in [1.82, 2.24) is 5.32 Å². The first-order valence-corrected chi connectivity index (χ1v) is 10.2. The van der Waals surface area contributed by atoms with Crippen LogP contribution in [0.25, 0.3) is 11.1 Å². The molecule has 1 fully saturated rings. The van der Waals surface area contributed by atoms with Crippen LogP contribution in [0, 0.1) is 5.92 Å². The predicted molar refractivity (Wildman–Crippen MR) is 111 cm³/mol. The monoisotopic (exact) mass is 409 g/mol. The van der Waals surface area contributed by atoms with E-state index in [1.165, 1.54) is 6.92 Å². The summed E-state index contributed by atoms with van der Waals surface area (Å²) in [5.41, 5.74) is 4.74. The quantitative estimate of drug-likeness (QED) is 0.727. The minimum atomic E-state index is -1.02. The number of fused-ring (bicyclic) bond motifs is 3. The Morgan fingerprint density at radius 1 is 1.13 bits per heavy atom. The molecule has 2 N–H and O–H groups in total. The second kappa shape index (κ2) is 8.30. The lowest BCUT2D eigenvalue weighted by atomic mass is 9.98. The Labute approximate surface area is 174 Å². The van der Waals surface area contributed by atoms with Crippen molar-refractivity contribution in [2.45, 2.75) is 38.1 Å². The number of aliphatic carboxylic acids is 1. The molecule has 1 amide bonds. The normalized spacial score (nSPS) is 20.3. The number of nitrogens with one attached hydrogen (secondary N) is 1. The topological polar surface area (TPSA) is 75.6 Å². The van der Waals surface area contributed by atoms with Gasteiger partial charge in [-0.3, -0.25) is 4.79 Å². The highest BCUT2D eigenvalue weighted by Crippen LogP contribution is 2.44. The van der Waals surface area contributed by atoms with E-state index < -0.39 is 29.8 Å². The number of benzene rings is 2. The van der Waals surface area contributed by atoms with E-state index >= 15 is 0 Å². The lowest BCUT2D eigenvalue weighted by Gasteiger charge is -2.18. The standard InChI is InChI=1S/C24H24FNO4/c1-14(22(25)19-11-6-12-20(19)23(27)28)26-24(29)30-13-21-17-9-4-2-7-15(17)16-8-3-5-10-18(16)21/h2-5,7-10,14,20-21H,6,11-13H2,1H3,(H,26,29)(H,27,28)/b22-19-/t14-,20+/m0/s1. The Morgan fingerprint density at radius 2 is 1.73 bits per heavy atom. The van der Waals surface area contributed by atoms with Crippen LogP contribution in [0.3, 0.4) is 0 Å². The maximum atomic E-state index is 14.8. The van der Waals surface area contributed by atoms with Gasteiger partial charge in [-0.05, 0) is 54.0 Å². The highest BCUT2D eigenvalue weighted by Gasteiger charge is 2.33. The number of amides is 1. The number of hydrogen-bond acceptors (Lipinski definition) is 3. The molecule has 30 heavy (non-hydrogen) atoms. The smallest absolute Gasteiger partial charge is 0.407 e. The van der Waals surface area contributed by atoms with E-state index in [1.54, 1.807) is 0 Å². The Bertz CT molecular complexity index is 970. The molecule has 0 aromatic heterocycles.